The van der Waals surface area contributed by atoms with Gasteiger partial charge < -0.3 is 9.84 Å². The summed E-state index contributed by atoms with van der Waals surface area (Å²) < 4.78 is 5.47. The third-order valence-corrected chi connectivity index (χ3v) is 5.86. The predicted octanol–water partition coefficient (Wildman–Crippen LogP) is 5.40. The van der Waals surface area contributed by atoms with Crippen LogP contribution in [0.4, 0.5) is 5.69 Å². The third kappa shape index (κ3) is 4.31. The van der Waals surface area contributed by atoms with Gasteiger partial charge in [0.1, 0.15) is 17.6 Å². The molecule has 1 N–H and O–H groups in total. The topological polar surface area (TPSA) is 79.7 Å². The van der Waals surface area contributed by atoms with E-state index in [0.29, 0.717) is 29.3 Å². The summed E-state index contributed by atoms with van der Waals surface area (Å²) in [4.78, 5) is 32.3. The Bertz CT molecular complexity index is 1220. The second kappa shape index (κ2) is 9.14. The van der Waals surface area contributed by atoms with Crippen molar-refractivity contribution in [3.63, 3.8) is 0 Å². The fourth-order valence-electron chi connectivity index (χ4n) is 4.07. The summed E-state index contributed by atoms with van der Waals surface area (Å²) in [5.41, 5.74) is 2.54. The number of ether oxygens (including phenoxy) is 1. The highest BCUT2D eigenvalue weighted by atomic mass is 16.5. The first kappa shape index (κ1) is 23.2. The van der Waals surface area contributed by atoms with Gasteiger partial charge in [-0.2, -0.15) is 0 Å². The molecule has 0 aliphatic carbocycles. The Morgan fingerprint density at radius 1 is 1.00 bits per heavy atom. The molecule has 1 fully saturated rings. The van der Waals surface area contributed by atoms with Gasteiger partial charge in [0.15, 0.2) is 0 Å². The van der Waals surface area contributed by atoms with Crippen LogP contribution in [0, 0.1) is 0 Å². The van der Waals surface area contributed by atoms with Crippen molar-refractivity contribution in [3.8, 4) is 5.75 Å². The van der Waals surface area contributed by atoms with Crippen LogP contribution in [-0.4, -0.2) is 28.4 Å². The first-order valence-electron chi connectivity index (χ1n) is 11.3. The van der Waals surface area contributed by atoms with Crippen LogP contribution in [0.3, 0.4) is 0 Å². The van der Waals surface area contributed by atoms with E-state index in [1.807, 2.05) is 31.2 Å². The molecule has 0 bridgehead atoms. The number of Topliss-reactive ketones (excluding diaryl/α,β-unsaturated/α-hetero) is 1. The van der Waals surface area contributed by atoms with Gasteiger partial charge in [0.25, 0.3) is 11.7 Å². The van der Waals surface area contributed by atoms with Gasteiger partial charge in [0.05, 0.1) is 17.9 Å². The highest BCUT2D eigenvalue weighted by Crippen LogP contribution is 2.42. The maximum atomic E-state index is 13.2. The van der Waals surface area contributed by atoms with Gasteiger partial charge in [-0.15, -0.1) is 0 Å². The van der Waals surface area contributed by atoms with Gasteiger partial charge in [-0.3, -0.25) is 19.5 Å². The minimum absolute atomic E-state index is 0.00718. The molecule has 6 heteroatoms. The van der Waals surface area contributed by atoms with Gasteiger partial charge in [0, 0.05) is 17.4 Å². The van der Waals surface area contributed by atoms with Gasteiger partial charge >= 0.3 is 0 Å². The number of nitrogens with zero attached hydrogens (tertiary/aromatic N) is 2. The van der Waals surface area contributed by atoms with Crippen LogP contribution >= 0.6 is 0 Å². The lowest BCUT2D eigenvalue weighted by atomic mass is 9.87. The van der Waals surface area contributed by atoms with Crippen LogP contribution in [0.15, 0.2) is 78.5 Å². The van der Waals surface area contributed by atoms with Crippen molar-refractivity contribution in [2.45, 2.75) is 39.2 Å². The maximum absolute atomic E-state index is 13.2. The fourth-order valence-corrected chi connectivity index (χ4v) is 4.07. The molecule has 1 aliphatic rings. The summed E-state index contributed by atoms with van der Waals surface area (Å²) in [5, 5.41) is 11.2. The highest BCUT2D eigenvalue weighted by molar-refractivity contribution is 6.51. The Hall–Kier alpha value is -3.93. The lowest BCUT2D eigenvalue weighted by Gasteiger charge is -2.26. The molecule has 1 saturated heterocycles. The van der Waals surface area contributed by atoms with E-state index in [9.17, 15) is 14.7 Å². The second-order valence-corrected chi connectivity index (χ2v) is 9.18. The van der Waals surface area contributed by atoms with Crippen LogP contribution in [0.5, 0.6) is 5.75 Å². The molecule has 3 aromatic rings. The standard InChI is InChI=1S/C28H28N2O4/c1-5-34-21-15-9-18(10-16-21)25(31)23-24(22-8-6-7-17-29-22)30(27(33)26(23)32)20-13-11-19(12-14-20)28(2,3)4/h6-17,24,31H,5H2,1-4H3/b25-23+. The van der Waals surface area contributed by atoms with E-state index in [1.165, 1.54) is 4.90 Å². The Morgan fingerprint density at radius 2 is 1.68 bits per heavy atom. The number of rotatable bonds is 5. The van der Waals surface area contributed by atoms with Crippen LogP contribution < -0.4 is 9.64 Å². The molecule has 2 heterocycles. The second-order valence-electron chi connectivity index (χ2n) is 9.18. The summed E-state index contributed by atoms with van der Waals surface area (Å²) in [5.74, 6) is -1.04. The fraction of sp³-hybridized carbons (Fsp3) is 0.250. The minimum atomic E-state index is -0.853. The molecule has 2 aromatic carbocycles. The maximum Gasteiger partial charge on any atom is 0.300 e. The van der Waals surface area contributed by atoms with Crippen LogP contribution in [0.1, 0.15) is 50.6 Å². The lowest BCUT2D eigenvalue weighted by molar-refractivity contribution is -0.132. The average Bonchev–Trinajstić information content (AvgIpc) is 3.10. The van der Waals surface area contributed by atoms with E-state index in [4.69, 9.17) is 4.74 Å². The summed E-state index contributed by atoms with van der Waals surface area (Å²) >= 11 is 0. The van der Waals surface area contributed by atoms with Crippen LogP contribution in [0.2, 0.25) is 0 Å². The Balaban J connectivity index is 1.84. The number of pyridine rings is 1. The number of carbonyl (C=O) groups excluding carboxylic acids is 2. The minimum Gasteiger partial charge on any atom is -0.507 e. The molecule has 6 nitrogen and oxygen atoms in total. The van der Waals surface area contributed by atoms with Crippen molar-refractivity contribution in [3.05, 3.63) is 95.3 Å². The number of carbonyl (C=O) groups is 2. The van der Waals surface area contributed by atoms with Gasteiger partial charge in [0.2, 0.25) is 0 Å². The lowest BCUT2D eigenvalue weighted by Crippen LogP contribution is -2.30. The monoisotopic (exact) mass is 456 g/mol. The number of amides is 1. The molecule has 4 rings (SSSR count). The van der Waals surface area contributed by atoms with Crippen molar-refractivity contribution in [2.75, 3.05) is 11.5 Å². The Morgan fingerprint density at radius 3 is 2.24 bits per heavy atom. The summed E-state index contributed by atoms with van der Waals surface area (Å²) in [6, 6.07) is 18.8. The molecular formula is C28H28N2O4. The van der Waals surface area contributed by atoms with E-state index in [2.05, 4.69) is 25.8 Å². The van der Waals surface area contributed by atoms with E-state index < -0.39 is 17.7 Å². The molecule has 1 unspecified atom stereocenters. The average molecular weight is 457 g/mol. The van der Waals surface area contributed by atoms with Crippen molar-refractivity contribution in [1.29, 1.82) is 0 Å². The van der Waals surface area contributed by atoms with E-state index in [-0.39, 0.29) is 16.7 Å². The molecule has 0 radical (unpaired) electrons. The normalized spacial score (nSPS) is 17.8. The smallest absolute Gasteiger partial charge is 0.300 e. The zero-order valence-corrected chi connectivity index (χ0v) is 19.8. The number of hydrogen-bond acceptors (Lipinski definition) is 5. The molecule has 0 spiro atoms. The van der Waals surface area contributed by atoms with Gasteiger partial charge in [-0.25, -0.2) is 0 Å². The molecule has 34 heavy (non-hydrogen) atoms. The van der Waals surface area contributed by atoms with Crippen molar-refractivity contribution in [1.82, 2.24) is 4.98 Å². The first-order valence-corrected chi connectivity index (χ1v) is 11.3. The number of anilines is 1. The van der Waals surface area contributed by atoms with Crippen molar-refractivity contribution >= 4 is 23.1 Å². The quantitative estimate of drug-likeness (QED) is 0.316. The number of aliphatic hydroxyl groups excluding tert-OH is 1. The van der Waals surface area contributed by atoms with E-state index in [0.717, 1.165) is 5.56 Å². The van der Waals surface area contributed by atoms with Crippen molar-refractivity contribution in [2.24, 2.45) is 0 Å². The summed E-state index contributed by atoms with van der Waals surface area (Å²) in [7, 11) is 0. The van der Waals surface area contributed by atoms with Crippen LogP contribution in [0.25, 0.3) is 5.76 Å². The molecule has 1 aliphatic heterocycles. The molecule has 0 saturated carbocycles. The van der Waals surface area contributed by atoms with E-state index in [1.54, 1.807) is 48.7 Å². The molecule has 174 valence electrons. The SMILES string of the molecule is CCOc1ccc(/C(O)=C2\C(=O)C(=O)N(c3ccc(C(C)(C)C)cc3)C2c2ccccn2)cc1. The Kier molecular flexibility index (Phi) is 6.24. The number of aromatic nitrogens is 1. The highest BCUT2D eigenvalue weighted by Gasteiger charge is 2.47. The molecule has 1 atom stereocenters. The largest absolute Gasteiger partial charge is 0.507 e. The zero-order valence-electron chi connectivity index (χ0n) is 19.8. The number of benzene rings is 2. The molecule has 1 amide bonds. The Labute approximate surface area is 199 Å². The van der Waals surface area contributed by atoms with Gasteiger partial charge in [-0.1, -0.05) is 39.0 Å². The van der Waals surface area contributed by atoms with E-state index >= 15 is 0 Å². The summed E-state index contributed by atoms with van der Waals surface area (Å²) in [6.45, 7) is 8.73. The number of ketones is 1. The third-order valence-electron chi connectivity index (χ3n) is 5.86. The molecular weight excluding hydrogens is 428 g/mol. The van der Waals surface area contributed by atoms with Crippen LogP contribution in [-0.2, 0) is 15.0 Å². The zero-order chi connectivity index (χ0) is 24.5. The predicted molar refractivity (Wildman–Crippen MR) is 132 cm³/mol. The van der Waals surface area contributed by atoms with Crippen molar-refractivity contribution < 1.29 is 19.4 Å². The number of hydrogen-bond donors (Lipinski definition) is 1. The van der Waals surface area contributed by atoms with Gasteiger partial charge in [-0.05, 0) is 66.4 Å². The number of aliphatic hydroxyl groups is 1. The first-order chi connectivity index (χ1) is 16.2. The molecule has 1 aromatic heterocycles. The summed E-state index contributed by atoms with van der Waals surface area (Å²) in [6.07, 6.45) is 1.61.